The Bertz CT molecular complexity index is 5330. The molecule has 82 heavy (non-hydrogen) atoms. The highest BCUT2D eigenvalue weighted by Crippen LogP contribution is 2.42. The number of pyridine rings is 3. The quantitative estimate of drug-likeness (QED) is 0.151. The molecule has 8 heterocycles. The smallest absolute Gasteiger partial charge is 0.135 e. The summed E-state index contributed by atoms with van der Waals surface area (Å²) in [6.45, 7) is 0.721. The summed E-state index contributed by atoms with van der Waals surface area (Å²) in [5, 5.41) is 9.05. The first-order valence-corrected chi connectivity index (χ1v) is 27.7. The van der Waals surface area contributed by atoms with E-state index in [-0.39, 0.29) is 5.92 Å². The average Bonchev–Trinajstić information content (AvgIpc) is 2.90. The van der Waals surface area contributed by atoms with Crippen molar-refractivity contribution >= 4 is 99.3 Å². The van der Waals surface area contributed by atoms with Crippen LogP contribution >= 0.6 is 0 Å². The Morgan fingerprint density at radius 3 is 1.40 bits per heavy atom. The lowest BCUT2D eigenvalue weighted by molar-refractivity contribution is 0.668. The molecule has 1 atom stereocenters. The molecule has 1 aliphatic rings. The molecular formula is C74H46N6O2. The number of nitrogens with zero attached hydrogens (tertiary/aromatic N) is 6. The average molecular weight is 1050 g/mol. The van der Waals surface area contributed by atoms with E-state index in [0.717, 1.165) is 140 Å². The van der Waals surface area contributed by atoms with Crippen molar-refractivity contribution < 1.29 is 8.83 Å². The van der Waals surface area contributed by atoms with Gasteiger partial charge in [0, 0.05) is 127 Å². The summed E-state index contributed by atoms with van der Waals surface area (Å²) >= 11 is 0. The number of furan rings is 2. The van der Waals surface area contributed by atoms with Crippen LogP contribution in [0.25, 0.3) is 149 Å². The third kappa shape index (κ3) is 7.46. The lowest BCUT2D eigenvalue weighted by Gasteiger charge is -2.17. The fourth-order valence-corrected chi connectivity index (χ4v) is 12.7. The molecule has 0 spiro atoms. The number of dihydropyridines is 1. The highest BCUT2D eigenvalue weighted by Gasteiger charge is 2.21. The largest absolute Gasteiger partial charge is 0.456 e. The predicted molar refractivity (Wildman–Crippen MR) is 335 cm³/mol. The van der Waals surface area contributed by atoms with Crippen LogP contribution in [0.3, 0.4) is 0 Å². The molecule has 16 aromatic rings. The standard InChI is InChI=1S/C74H46N6O2/c1-3-14-67-59(12-1)61-33-49(53-31-55(43-77-41-53)51-10-6-28-75-39-51)16-22-69(61)79(67)57-20-26-73-65(37-57)63-35-47(18-24-71(63)81-73)45-8-5-9-46(30-45)48-19-25-72-64(36-48)66-38-58(21-27-74(66)82-72)80-68-15-4-2-13-60(68)62-34-50(17-23-70(62)80)54-32-56(44-78-42-54)52-11-7-29-76-40-52/h1-43,56H,44H2. The molecule has 0 aliphatic carbocycles. The van der Waals surface area contributed by atoms with Crippen molar-refractivity contribution in [2.45, 2.75) is 5.92 Å². The maximum atomic E-state index is 6.54. The first-order valence-electron chi connectivity index (χ1n) is 27.7. The summed E-state index contributed by atoms with van der Waals surface area (Å²) in [6, 6.07) is 76.3. The number of para-hydroxylation sites is 2. The predicted octanol–water partition coefficient (Wildman–Crippen LogP) is 18.8. The Balaban J connectivity index is 0.709. The molecular weight excluding hydrogens is 1000 g/mol. The van der Waals surface area contributed by atoms with Gasteiger partial charge in [-0.15, -0.1) is 0 Å². The van der Waals surface area contributed by atoms with Crippen LogP contribution in [-0.2, 0) is 0 Å². The summed E-state index contributed by atoms with van der Waals surface area (Å²) in [5.74, 6) is 0.186. The summed E-state index contributed by atoms with van der Waals surface area (Å²) in [7, 11) is 0. The van der Waals surface area contributed by atoms with Gasteiger partial charge in [0.1, 0.15) is 22.3 Å². The molecule has 0 saturated carbocycles. The number of hydrogen-bond acceptors (Lipinski definition) is 6. The van der Waals surface area contributed by atoms with Gasteiger partial charge in [-0.3, -0.25) is 19.9 Å². The molecule has 0 bridgehead atoms. The van der Waals surface area contributed by atoms with E-state index in [1.807, 2.05) is 49.3 Å². The number of benzene rings is 9. The Kier molecular flexibility index (Phi) is 10.3. The van der Waals surface area contributed by atoms with Crippen LogP contribution in [0.2, 0.25) is 0 Å². The SMILES string of the molecule is C1=NCC(c2cccnc2)C=C1c1ccc2c(c1)c1ccccc1n2-c1ccc2oc3ccc(-c4cccc(-c5ccc6oc7ccc(-n8c9ccccc9c9cc(-c%10cncc(-c%11cccnc%11)c%10)ccc98)cc7c6c5)c4)cc3c2c1. The normalized spacial score (nSPS) is 13.7. The van der Waals surface area contributed by atoms with Gasteiger partial charge >= 0.3 is 0 Å². The number of aliphatic imine (C=N–C) groups is 1. The van der Waals surface area contributed by atoms with E-state index in [9.17, 15) is 0 Å². The van der Waals surface area contributed by atoms with Crippen molar-refractivity contribution in [3.63, 3.8) is 0 Å². The van der Waals surface area contributed by atoms with Crippen molar-refractivity contribution in [2.24, 2.45) is 4.99 Å². The maximum absolute atomic E-state index is 6.54. The summed E-state index contributed by atoms with van der Waals surface area (Å²) < 4.78 is 17.8. The van der Waals surface area contributed by atoms with Gasteiger partial charge in [0.2, 0.25) is 0 Å². The molecule has 0 amide bonds. The summed E-state index contributed by atoms with van der Waals surface area (Å²) in [6.07, 6.45) is 15.6. The zero-order chi connectivity index (χ0) is 53.8. The monoisotopic (exact) mass is 1050 g/mol. The van der Waals surface area contributed by atoms with Crippen molar-refractivity contribution in [3.8, 4) is 55.9 Å². The fraction of sp³-hybridized carbons (Fsp3) is 0.0270. The number of aromatic nitrogens is 5. The first kappa shape index (κ1) is 46.0. The van der Waals surface area contributed by atoms with E-state index in [1.54, 1.807) is 6.20 Å². The Morgan fingerprint density at radius 2 is 0.793 bits per heavy atom. The minimum Gasteiger partial charge on any atom is -0.456 e. The molecule has 0 saturated heterocycles. The zero-order valence-electron chi connectivity index (χ0n) is 44.1. The van der Waals surface area contributed by atoms with Crippen LogP contribution < -0.4 is 0 Å². The molecule has 8 heteroatoms. The molecule has 0 fully saturated rings. The van der Waals surface area contributed by atoms with Crippen LogP contribution in [0.1, 0.15) is 17.0 Å². The van der Waals surface area contributed by atoms with Gasteiger partial charge in [-0.1, -0.05) is 97.1 Å². The maximum Gasteiger partial charge on any atom is 0.135 e. The summed E-state index contributed by atoms with van der Waals surface area (Å²) in [4.78, 5) is 18.1. The van der Waals surface area contributed by atoms with Gasteiger partial charge in [0.15, 0.2) is 0 Å². The molecule has 7 aromatic heterocycles. The molecule has 8 nitrogen and oxygen atoms in total. The van der Waals surface area contributed by atoms with Crippen LogP contribution in [0.4, 0.5) is 0 Å². The lowest BCUT2D eigenvalue weighted by Crippen LogP contribution is -2.06. The number of allylic oxidation sites excluding steroid dienone is 1. The minimum absolute atomic E-state index is 0.186. The molecule has 1 unspecified atom stereocenters. The fourth-order valence-electron chi connectivity index (χ4n) is 12.7. The van der Waals surface area contributed by atoms with E-state index in [1.165, 1.54) is 27.1 Å². The van der Waals surface area contributed by atoms with E-state index in [0.29, 0.717) is 0 Å². The lowest BCUT2D eigenvalue weighted by atomic mass is 9.93. The second-order valence-corrected chi connectivity index (χ2v) is 21.4. The van der Waals surface area contributed by atoms with E-state index in [4.69, 9.17) is 13.8 Å². The number of hydrogen-bond donors (Lipinski definition) is 0. The van der Waals surface area contributed by atoms with Gasteiger partial charge in [0.25, 0.3) is 0 Å². The van der Waals surface area contributed by atoms with Gasteiger partial charge in [-0.2, -0.15) is 0 Å². The highest BCUT2D eigenvalue weighted by atomic mass is 16.3. The molecule has 0 N–H and O–H groups in total. The minimum atomic E-state index is 0.186. The van der Waals surface area contributed by atoms with Crippen LogP contribution in [0.5, 0.6) is 0 Å². The second-order valence-electron chi connectivity index (χ2n) is 21.4. The number of rotatable bonds is 8. The zero-order valence-corrected chi connectivity index (χ0v) is 44.1. The van der Waals surface area contributed by atoms with Crippen LogP contribution in [0.15, 0.2) is 269 Å². The molecule has 17 rings (SSSR count). The van der Waals surface area contributed by atoms with Crippen molar-refractivity contribution in [1.82, 2.24) is 24.1 Å². The van der Waals surface area contributed by atoms with Crippen molar-refractivity contribution in [2.75, 3.05) is 6.54 Å². The highest BCUT2D eigenvalue weighted by molar-refractivity contribution is 6.16. The van der Waals surface area contributed by atoms with Gasteiger partial charge in [-0.05, 0) is 166 Å². The number of fused-ring (bicyclic) bond motifs is 12. The Hall–Kier alpha value is -11.0. The second kappa shape index (κ2) is 18.3. The van der Waals surface area contributed by atoms with Gasteiger partial charge < -0.3 is 18.0 Å². The molecule has 1 aliphatic heterocycles. The van der Waals surface area contributed by atoms with E-state index < -0.39 is 0 Å². The van der Waals surface area contributed by atoms with Gasteiger partial charge in [-0.25, -0.2) is 0 Å². The van der Waals surface area contributed by atoms with E-state index >= 15 is 0 Å². The van der Waals surface area contributed by atoms with E-state index in [2.05, 4.69) is 230 Å². The topological polar surface area (TPSA) is 87.2 Å². The first-order chi connectivity index (χ1) is 40.6. The van der Waals surface area contributed by atoms with Gasteiger partial charge in [0.05, 0.1) is 22.1 Å². The molecule has 0 radical (unpaired) electrons. The molecule has 384 valence electrons. The Labute approximate surface area is 469 Å². The molecule has 9 aromatic carbocycles. The third-order valence-corrected chi connectivity index (χ3v) is 16.7. The summed E-state index contributed by atoms with van der Waals surface area (Å²) in [5.41, 5.74) is 22.3. The van der Waals surface area contributed by atoms with Crippen molar-refractivity contribution in [1.29, 1.82) is 0 Å². The third-order valence-electron chi connectivity index (χ3n) is 16.7. The Morgan fingerprint density at radius 1 is 0.329 bits per heavy atom. The van der Waals surface area contributed by atoms with Crippen molar-refractivity contribution in [3.05, 3.63) is 267 Å². The van der Waals surface area contributed by atoms with Crippen LogP contribution in [-0.4, -0.2) is 36.8 Å². The van der Waals surface area contributed by atoms with Crippen LogP contribution in [0, 0.1) is 0 Å².